The Hall–Kier alpha value is -1.93. The van der Waals surface area contributed by atoms with Gasteiger partial charge in [0.1, 0.15) is 5.52 Å². The molecule has 18 heavy (non-hydrogen) atoms. The van der Waals surface area contributed by atoms with Gasteiger partial charge >= 0.3 is 12.5 Å². The van der Waals surface area contributed by atoms with Crippen molar-refractivity contribution in [3.8, 4) is 5.75 Å². The fraction of sp³-hybridized carbons (Fsp3) is 0.222. The standard InChI is InChI=1S/C9H4F6N2O/c10-8(11,12)7-16-4-2-1-3-5(6(4)17-7)18-9(13,14)15/h1-3H,(H,16,17). The highest BCUT2D eigenvalue weighted by Crippen LogP contribution is 2.33. The molecular formula is C9H4F6N2O. The molecule has 2 aromatic rings. The van der Waals surface area contributed by atoms with Crippen LogP contribution in [-0.4, -0.2) is 16.3 Å². The summed E-state index contributed by atoms with van der Waals surface area (Å²) in [5.74, 6) is -2.14. The average Bonchev–Trinajstić information content (AvgIpc) is 2.59. The number of imidazole rings is 1. The van der Waals surface area contributed by atoms with Gasteiger partial charge in [0, 0.05) is 0 Å². The van der Waals surface area contributed by atoms with Crippen molar-refractivity contribution in [1.29, 1.82) is 0 Å². The number of ether oxygens (including phenoxy) is 1. The molecule has 0 saturated carbocycles. The number of aromatic nitrogens is 2. The number of hydrogen-bond acceptors (Lipinski definition) is 2. The van der Waals surface area contributed by atoms with E-state index in [1.165, 1.54) is 0 Å². The fourth-order valence-electron chi connectivity index (χ4n) is 1.35. The number of halogens is 6. The highest BCUT2D eigenvalue weighted by molar-refractivity contribution is 5.81. The minimum Gasteiger partial charge on any atom is -0.403 e. The van der Waals surface area contributed by atoms with Crippen LogP contribution in [0.4, 0.5) is 26.3 Å². The molecule has 98 valence electrons. The first-order chi connectivity index (χ1) is 8.17. The second-order valence-corrected chi connectivity index (χ2v) is 3.28. The zero-order valence-corrected chi connectivity index (χ0v) is 8.36. The van der Waals surface area contributed by atoms with E-state index in [0.29, 0.717) is 0 Å². The summed E-state index contributed by atoms with van der Waals surface area (Å²) in [6, 6.07) is 3.16. The van der Waals surface area contributed by atoms with Gasteiger partial charge in [-0.25, -0.2) is 4.98 Å². The Bertz CT molecular complexity index is 570. The summed E-state index contributed by atoms with van der Waals surface area (Å²) >= 11 is 0. The first kappa shape index (κ1) is 12.5. The quantitative estimate of drug-likeness (QED) is 0.805. The number of hydrogen-bond donors (Lipinski definition) is 1. The van der Waals surface area contributed by atoms with Crippen LogP contribution in [0.25, 0.3) is 11.0 Å². The van der Waals surface area contributed by atoms with Gasteiger partial charge in [0.25, 0.3) is 0 Å². The lowest BCUT2D eigenvalue weighted by Gasteiger charge is -2.08. The van der Waals surface area contributed by atoms with Crippen LogP contribution >= 0.6 is 0 Å². The number of para-hydroxylation sites is 1. The number of H-pyrrole nitrogens is 1. The number of nitrogens with zero attached hydrogens (tertiary/aromatic N) is 1. The number of benzene rings is 1. The predicted molar refractivity (Wildman–Crippen MR) is 47.8 cm³/mol. The predicted octanol–water partition coefficient (Wildman–Crippen LogP) is 3.48. The first-order valence-electron chi connectivity index (χ1n) is 4.48. The smallest absolute Gasteiger partial charge is 0.403 e. The summed E-state index contributed by atoms with van der Waals surface area (Å²) < 4.78 is 76.7. The monoisotopic (exact) mass is 270 g/mol. The van der Waals surface area contributed by atoms with Gasteiger partial charge in [-0.1, -0.05) is 6.07 Å². The molecule has 3 nitrogen and oxygen atoms in total. The highest BCUT2D eigenvalue weighted by atomic mass is 19.4. The van der Waals surface area contributed by atoms with Crippen molar-refractivity contribution in [2.24, 2.45) is 0 Å². The molecule has 0 atom stereocenters. The zero-order valence-electron chi connectivity index (χ0n) is 8.36. The normalized spacial score (nSPS) is 13.0. The van der Waals surface area contributed by atoms with E-state index in [2.05, 4.69) is 9.72 Å². The number of nitrogens with one attached hydrogen (secondary N) is 1. The lowest BCUT2D eigenvalue weighted by molar-refractivity contribution is -0.274. The van der Waals surface area contributed by atoms with Crippen molar-refractivity contribution >= 4 is 11.0 Å². The summed E-state index contributed by atoms with van der Waals surface area (Å²) in [5.41, 5.74) is -0.716. The van der Waals surface area contributed by atoms with Crippen LogP contribution in [-0.2, 0) is 6.18 Å². The summed E-state index contributed by atoms with van der Waals surface area (Å²) in [7, 11) is 0. The van der Waals surface area contributed by atoms with E-state index >= 15 is 0 Å². The second-order valence-electron chi connectivity index (χ2n) is 3.28. The lowest BCUT2D eigenvalue weighted by Crippen LogP contribution is -2.17. The Morgan fingerprint density at radius 1 is 1.06 bits per heavy atom. The highest BCUT2D eigenvalue weighted by Gasteiger charge is 2.36. The molecule has 1 heterocycles. The van der Waals surface area contributed by atoms with Gasteiger partial charge in [-0.3, -0.25) is 0 Å². The fourth-order valence-corrected chi connectivity index (χ4v) is 1.35. The molecule has 1 N–H and O–H groups in total. The van der Waals surface area contributed by atoms with E-state index in [1.807, 2.05) is 0 Å². The van der Waals surface area contributed by atoms with E-state index < -0.39 is 29.6 Å². The molecule has 0 radical (unpaired) electrons. The molecule has 0 aliphatic heterocycles. The van der Waals surface area contributed by atoms with Gasteiger partial charge in [-0.15, -0.1) is 13.2 Å². The number of alkyl halides is 6. The molecule has 1 aromatic carbocycles. The third-order valence-electron chi connectivity index (χ3n) is 1.97. The molecule has 0 fully saturated rings. The van der Waals surface area contributed by atoms with Crippen molar-refractivity contribution in [2.45, 2.75) is 12.5 Å². The van der Waals surface area contributed by atoms with E-state index in [-0.39, 0.29) is 5.52 Å². The molecule has 0 spiro atoms. The second kappa shape index (κ2) is 3.79. The van der Waals surface area contributed by atoms with Crippen LogP contribution in [0.15, 0.2) is 18.2 Å². The molecule has 2 rings (SSSR count). The largest absolute Gasteiger partial charge is 0.573 e. The summed E-state index contributed by atoms with van der Waals surface area (Å²) in [4.78, 5) is 4.91. The molecular weight excluding hydrogens is 266 g/mol. The molecule has 0 aliphatic rings. The van der Waals surface area contributed by atoms with Crippen LogP contribution in [0, 0.1) is 0 Å². The molecule has 0 bridgehead atoms. The van der Waals surface area contributed by atoms with Crippen LogP contribution in [0.5, 0.6) is 5.75 Å². The SMILES string of the molecule is FC(F)(F)Oc1cccc2nc(C(F)(F)F)[nH]c12. The zero-order chi connectivity index (χ0) is 13.6. The molecule has 0 aliphatic carbocycles. The van der Waals surface area contributed by atoms with Gasteiger partial charge in [0.15, 0.2) is 5.75 Å². The van der Waals surface area contributed by atoms with Crippen LogP contribution in [0.3, 0.4) is 0 Å². The Kier molecular flexibility index (Phi) is 2.63. The van der Waals surface area contributed by atoms with Crippen molar-refractivity contribution in [1.82, 2.24) is 9.97 Å². The van der Waals surface area contributed by atoms with Crippen LogP contribution < -0.4 is 4.74 Å². The molecule has 0 amide bonds. The number of rotatable bonds is 1. The van der Waals surface area contributed by atoms with E-state index in [4.69, 9.17) is 0 Å². The third kappa shape index (κ3) is 2.49. The maximum atomic E-state index is 12.3. The minimum absolute atomic E-state index is 0.260. The Labute approximate surface area is 95.4 Å². The molecule has 0 saturated heterocycles. The van der Waals surface area contributed by atoms with Gasteiger partial charge < -0.3 is 9.72 Å². The van der Waals surface area contributed by atoms with Crippen molar-refractivity contribution in [3.05, 3.63) is 24.0 Å². The summed E-state index contributed by atoms with van der Waals surface area (Å²) in [6.45, 7) is 0. The van der Waals surface area contributed by atoms with Gasteiger partial charge in [-0.2, -0.15) is 13.2 Å². The maximum Gasteiger partial charge on any atom is 0.573 e. The first-order valence-corrected chi connectivity index (χ1v) is 4.48. The van der Waals surface area contributed by atoms with Crippen molar-refractivity contribution in [3.63, 3.8) is 0 Å². The summed E-state index contributed by atoms with van der Waals surface area (Å²) in [5, 5.41) is 0. The maximum absolute atomic E-state index is 12.3. The minimum atomic E-state index is -4.99. The average molecular weight is 270 g/mol. The van der Waals surface area contributed by atoms with E-state index in [1.54, 1.807) is 4.98 Å². The Morgan fingerprint density at radius 3 is 2.28 bits per heavy atom. The molecule has 1 aromatic heterocycles. The van der Waals surface area contributed by atoms with Gasteiger partial charge in [0.2, 0.25) is 5.82 Å². The Morgan fingerprint density at radius 2 is 1.72 bits per heavy atom. The van der Waals surface area contributed by atoms with Crippen molar-refractivity contribution in [2.75, 3.05) is 0 Å². The van der Waals surface area contributed by atoms with E-state index in [9.17, 15) is 26.3 Å². The Balaban J connectivity index is 2.53. The topological polar surface area (TPSA) is 37.9 Å². The van der Waals surface area contributed by atoms with Crippen molar-refractivity contribution < 1.29 is 31.1 Å². The number of aromatic amines is 1. The third-order valence-corrected chi connectivity index (χ3v) is 1.97. The van der Waals surface area contributed by atoms with Gasteiger partial charge in [0.05, 0.1) is 5.52 Å². The molecule has 9 heteroatoms. The lowest BCUT2D eigenvalue weighted by atomic mass is 10.3. The van der Waals surface area contributed by atoms with Crippen LogP contribution in [0.1, 0.15) is 5.82 Å². The number of fused-ring (bicyclic) bond motifs is 1. The molecule has 0 unspecified atom stereocenters. The van der Waals surface area contributed by atoms with E-state index in [0.717, 1.165) is 18.2 Å². The summed E-state index contributed by atoms with van der Waals surface area (Å²) in [6.07, 6.45) is -9.76. The van der Waals surface area contributed by atoms with Gasteiger partial charge in [-0.05, 0) is 12.1 Å². The van der Waals surface area contributed by atoms with Crippen LogP contribution in [0.2, 0.25) is 0 Å².